The Kier molecular flexibility index (Phi) is 5.81. The first-order chi connectivity index (χ1) is 14.6. The third kappa shape index (κ3) is 3.93. The molecule has 0 amide bonds. The zero-order valence-corrected chi connectivity index (χ0v) is 18.1. The smallest absolute Gasteiger partial charge is 0.291 e. The Labute approximate surface area is 179 Å². The van der Waals surface area contributed by atoms with Crippen molar-refractivity contribution < 1.29 is 4.74 Å². The molecule has 30 heavy (non-hydrogen) atoms. The van der Waals surface area contributed by atoms with Crippen molar-refractivity contribution in [2.24, 2.45) is 0 Å². The number of ether oxygens (including phenoxy) is 1. The largest absolute Gasteiger partial charge is 0.494 e. The van der Waals surface area contributed by atoms with Gasteiger partial charge in [-0.3, -0.25) is 4.79 Å². The fraction of sp³-hybridized carbons (Fsp3) is 0.261. The van der Waals surface area contributed by atoms with Crippen LogP contribution in [0.2, 0.25) is 0 Å². The third-order valence-electron chi connectivity index (χ3n) is 4.92. The molecule has 0 saturated carbocycles. The van der Waals surface area contributed by atoms with Crippen molar-refractivity contribution >= 4 is 28.1 Å². The van der Waals surface area contributed by atoms with Crippen LogP contribution in [0.4, 0.5) is 5.69 Å². The van der Waals surface area contributed by atoms with Crippen molar-refractivity contribution in [2.45, 2.75) is 20.8 Å². The minimum Gasteiger partial charge on any atom is -0.494 e. The molecule has 0 atom stereocenters. The second-order valence-corrected chi connectivity index (χ2v) is 7.78. The molecular formula is C23H24N4O2S. The molecule has 7 heteroatoms. The number of benzene rings is 2. The van der Waals surface area contributed by atoms with E-state index in [-0.39, 0.29) is 5.56 Å². The van der Waals surface area contributed by atoms with Crippen LogP contribution >= 0.6 is 11.3 Å². The SMILES string of the molecule is CCOc1ccc(-c2nc3s/c(=C/c4ccc(N(CC)CC)cc4)c(=O)n3n2)cc1. The van der Waals surface area contributed by atoms with Gasteiger partial charge < -0.3 is 9.64 Å². The Hall–Kier alpha value is -3.19. The van der Waals surface area contributed by atoms with E-state index in [9.17, 15) is 4.79 Å². The number of nitrogens with zero attached hydrogens (tertiary/aromatic N) is 4. The highest BCUT2D eigenvalue weighted by Crippen LogP contribution is 2.20. The minimum absolute atomic E-state index is 0.146. The van der Waals surface area contributed by atoms with Gasteiger partial charge in [0.25, 0.3) is 5.56 Å². The van der Waals surface area contributed by atoms with Crippen LogP contribution in [0.5, 0.6) is 5.75 Å². The lowest BCUT2D eigenvalue weighted by molar-refractivity contribution is 0.340. The lowest BCUT2D eigenvalue weighted by Crippen LogP contribution is -2.23. The molecule has 6 nitrogen and oxygen atoms in total. The summed E-state index contributed by atoms with van der Waals surface area (Å²) >= 11 is 1.35. The fourth-order valence-corrected chi connectivity index (χ4v) is 4.25. The highest BCUT2D eigenvalue weighted by atomic mass is 32.1. The van der Waals surface area contributed by atoms with Crippen LogP contribution in [0.25, 0.3) is 22.4 Å². The molecule has 0 bridgehead atoms. The molecule has 4 aromatic rings. The average Bonchev–Trinajstić information content (AvgIpc) is 3.30. The van der Waals surface area contributed by atoms with E-state index in [0.29, 0.717) is 21.9 Å². The maximum atomic E-state index is 12.8. The summed E-state index contributed by atoms with van der Waals surface area (Å²) in [6.45, 7) is 8.79. The van der Waals surface area contributed by atoms with Crippen molar-refractivity contribution in [3.05, 3.63) is 69.0 Å². The molecule has 0 aliphatic heterocycles. The molecule has 0 fully saturated rings. The first kappa shape index (κ1) is 20.1. The van der Waals surface area contributed by atoms with Gasteiger partial charge in [0.15, 0.2) is 5.82 Å². The van der Waals surface area contributed by atoms with Gasteiger partial charge in [-0.15, -0.1) is 5.10 Å². The second kappa shape index (κ2) is 8.67. The van der Waals surface area contributed by atoms with E-state index >= 15 is 0 Å². The fourth-order valence-electron chi connectivity index (χ4n) is 3.34. The van der Waals surface area contributed by atoms with Crippen molar-refractivity contribution in [3.8, 4) is 17.1 Å². The zero-order valence-electron chi connectivity index (χ0n) is 17.3. The van der Waals surface area contributed by atoms with Gasteiger partial charge in [0.2, 0.25) is 4.96 Å². The van der Waals surface area contributed by atoms with Crippen LogP contribution in [0.15, 0.2) is 53.3 Å². The number of rotatable bonds is 7. The molecule has 154 valence electrons. The standard InChI is InChI=1S/C23H24N4O2S/c1-4-26(5-2)18-11-7-16(8-12-18)15-20-22(28)27-23(30-20)24-21(25-27)17-9-13-19(14-10-17)29-6-3/h7-15H,4-6H2,1-3H3/b20-15+. The van der Waals surface area contributed by atoms with Gasteiger partial charge in [-0.05, 0) is 68.8 Å². The Morgan fingerprint density at radius 1 is 1.03 bits per heavy atom. The zero-order chi connectivity index (χ0) is 21.1. The average molecular weight is 421 g/mol. The number of aromatic nitrogens is 3. The summed E-state index contributed by atoms with van der Waals surface area (Å²) in [6.07, 6.45) is 1.89. The monoisotopic (exact) mass is 420 g/mol. The molecule has 4 rings (SSSR count). The van der Waals surface area contributed by atoms with E-state index in [4.69, 9.17) is 4.74 Å². The Morgan fingerprint density at radius 2 is 1.73 bits per heavy atom. The predicted octanol–water partition coefficient (Wildman–Crippen LogP) is 3.61. The molecule has 0 aliphatic rings. The van der Waals surface area contributed by atoms with Gasteiger partial charge in [0, 0.05) is 24.3 Å². The highest BCUT2D eigenvalue weighted by molar-refractivity contribution is 7.15. The molecular weight excluding hydrogens is 396 g/mol. The maximum absolute atomic E-state index is 12.8. The van der Waals surface area contributed by atoms with E-state index in [1.54, 1.807) is 0 Å². The summed E-state index contributed by atoms with van der Waals surface area (Å²) in [5, 5.41) is 4.42. The summed E-state index contributed by atoms with van der Waals surface area (Å²) in [7, 11) is 0. The topological polar surface area (TPSA) is 59.7 Å². The highest BCUT2D eigenvalue weighted by Gasteiger charge is 2.12. The summed E-state index contributed by atoms with van der Waals surface area (Å²) in [6, 6.07) is 15.8. The molecule has 0 spiro atoms. The lowest BCUT2D eigenvalue weighted by Gasteiger charge is -2.20. The van der Waals surface area contributed by atoms with Crippen molar-refractivity contribution in [2.75, 3.05) is 24.6 Å². The van der Waals surface area contributed by atoms with Gasteiger partial charge in [-0.1, -0.05) is 23.5 Å². The molecule has 0 saturated heterocycles. The van der Waals surface area contributed by atoms with Gasteiger partial charge >= 0.3 is 0 Å². The molecule has 0 radical (unpaired) electrons. The molecule has 2 aromatic carbocycles. The van der Waals surface area contributed by atoms with Gasteiger partial charge in [-0.2, -0.15) is 9.50 Å². The first-order valence-electron chi connectivity index (χ1n) is 10.1. The summed E-state index contributed by atoms with van der Waals surface area (Å²) in [5.74, 6) is 1.34. The van der Waals surface area contributed by atoms with Crippen molar-refractivity contribution in [1.82, 2.24) is 14.6 Å². The van der Waals surface area contributed by atoms with E-state index in [1.165, 1.54) is 21.5 Å². The Balaban J connectivity index is 1.63. The number of anilines is 1. The van der Waals surface area contributed by atoms with Crippen LogP contribution in [0, 0.1) is 0 Å². The van der Waals surface area contributed by atoms with Crippen LogP contribution in [-0.4, -0.2) is 34.3 Å². The van der Waals surface area contributed by atoms with Crippen LogP contribution in [0.3, 0.4) is 0 Å². The molecule has 0 unspecified atom stereocenters. The van der Waals surface area contributed by atoms with Crippen LogP contribution < -0.4 is 19.7 Å². The summed E-state index contributed by atoms with van der Waals surface area (Å²) in [5.41, 5.74) is 2.88. The normalized spacial score (nSPS) is 11.9. The van der Waals surface area contributed by atoms with E-state index in [0.717, 1.165) is 30.0 Å². The van der Waals surface area contributed by atoms with Crippen molar-refractivity contribution in [3.63, 3.8) is 0 Å². The quantitative estimate of drug-likeness (QED) is 0.457. The second-order valence-electron chi connectivity index (χ2n) is 6.77. The summed E-state index contributed by atoms with van der Waals surface area (Å²) < 4.78 is 7.47. The van der Waals surface area contributed by atoms with Crippen molar-refractivity contribution in [1.29, 1.82) is 0 Å². The molecule has 0 aliphatic carbocycles. The van der Waals surface area contributed by atoms with Crippen LogP contribution in [0.1, 0.15) is 26.3 Å². The Morgan fingerprint density at radius 3 is 2.33 bits per heavy atom. The lowest BCUT2D eigenvalue weighted by atomic mass is 10.2. The number of fused-ring (bicyclic) bond motifs is 1. The summed E-state index contributed by atoms with van der Waals surface area (Å²) in [4.78, 5) is 20.2. The van der Waals surface area contributed by atoms with E-state index < -0.39 is 0 Å². The first-order valence-corrected chi connectivity index (χ1v) is 10.9. The minimum atomic E-state index is -0.146. The molecule has 2 heterocycles. The number of hydrogen-bond acceptors (Lipinski definition) is 6. The third-order valence-corrected chi connectivity index (χ3v) is 5.88. The number of thiazole rings is 1. The molecule has 0 N–H and O–H groups in total. The van der Waals surface area contributed by atoms with Crippen LogP contribution in [-0.2, 0) is 0 Å². The van der Waals surface area contributed by atoms with Gasteiger partial charge in [-0.25, -0.2) is 0 Å². The van der Waals surface area contributed by atoms with Gasteiger partial charge in [0.05, 0.1) is 11.1 Å². The van der Waals surface area contributed by atoms with E-state index in [2.05, 4.69) is 41.0 Å². The van der Waals surface area contributed by atoms with E-state index in [1.807, 2.05) is 49.4 Å². The predicted molar refractivity (Wildman–Crippen MR) is 123 cm³/mol. The maximum Gasteiger partial charge on any atom is 0.291 e. The van der Waals surface area contributed by atoms with Gasteiger partial charge in [0.1, 0.15) is 5.75 Å². The molecule has 2 aromatic heterocycles. The number of hydrogen-bond donors (Lipinski definition) is 0. The Bertz CT molecular complexity index is 1240.